The maximum Gasteiger partial charge on any atom is 0.431 e. The van der Waals surface area contributed by atoms with Crippen molar-refractivity contribution in [1.29, 1.82) is 0 Å². The summed E-state index contributed by atoms with van der Waals surface area (Å²) in [5.41, 5.74) is 10.6. The zero-order valence-electron chi connectivity index (χ0n) is 8.79. The first-order valence-electron chi connectivity index (χ1n) is 4.78. The predicted molar refractivity (Wildman–Crippen MR) is 58.3 cm³/mol. The minimum absolute atomic E-state index is 0.274. The second-order valence-electron chi connectivity index (χ2n) is 3.32. The highest BCUT2D eigenvalue weighted by Gasteiger charge is 2.21. The van der Waals surface area contributed by atoms with Crippen LogP contribution < -0.4 is 4.74 Å². The van der Waals surface area contributed by atoms with Crippen LogP contribution in [0.15, 0.2) is 46.3 Å². The van der Waals surface area contributed by atoms with E-state index in [1.54, 1.807) is 13.3 Å². The van der Waals surface area contributed by atoms with Crippen LogP contribution in [0.5, 0.6) is 5.75 Å². The van der Waals surface area contributed by atoms with Crippen molar-refractivity contribution in [3.63, 3.8) is 0 Å². The summed E-state index contributed by atoms with van der Waals surface area (Å²) in [5.74, 6) is 1.09. The lowest BCUT2D eigenvalue weighted by Gasteiger charge is -2.01. The standard InChI is InChI=1S/C11H10N4O/c1-16-10-4-2-8(3-5-10)6-9-7-13-15-11(9)14-12/h2-5,7H,6H2,1H3. The Balaban J connectivity index is 2.13. The normalized spacial score (nSPS) is 13.6. The van der Waals surface area contributed by atoms with Crippen molar-refractivity contribution in [2.45, 2.75) is 6.42 Å². The van der Waals surface area contributed by atoms with Crippen molar-refractivity contribution in [2.75, 3.05) is 7.11 Å². The Morgan fingerprint density at radius 2 is 2.06 bits per heavy atom. The topological polar surface area (TPSA) is 70.4 Å². The highest BCUT2D eigenvalue weighted by molar-refractivity contribution is 5.96. The third kappa shape index (κ3) is 2.04. The average Bonchev–Trinajstić information content (AvgIpc) is 2.77. The molecule has 1 aliphatic rings. The minimum Gasteiger partial charge on any atom is -0.497 e. The van der Waals surface area contributed by atoms with E-state index in [1.807, 2.05) is 24.3 Å². The van der Waals surface area contributed by atoms with E-state index >= 15 is 0 Å². The molecule has 80 valence electrons. The van der Waals surface area contributed by atoms with Crippen molar-refractivity contribution in [3.8, 4) is 5.75 Å². The highest BCUT2D eigenvalue weighted by Crippen LogP contribution is 2.17. The van der Waals surface area contributed by atoms with Crippen LogP contribution in [0.25, 0.3) is 5.53 Å². The molecule has 5 nitrogen and oxygen atoms in total. The summed E-state index contributed by atoms with van der Waals surface area (Å²) >= 11 is 0. The second-order valence-corrected chi connectivity index (χ2v) is 3.32. The molecule has 0 saturated heterocycles. The smallest absolute Gasteiger partial charge is 0.431 e. The Morgan fingerprint density at radius 3 is 2.69 bits per heavy atom. The Morgan fingerprint density at radius 1 is 1.31 bits per heavy atom. The van der Waals surface area contributed by atoms with E-state index in [0.29, 0.717) is 6.42 Å². The van der Waals surface area contributed by atoms with Gasteiger partial charge in [0.05, 0.1) is 24.0 Å². The van der Waals surface area contributed by atoms with Gasteiger partial charge in [-0.05, 0) is 22.8 Å². The summed E-state index contributed by atoms with van der Waals surface area (Å²) in [7, 11) is 1.63. The van der Waals surface area contributed by atoms with Gasteiger partial charge in [-0.1, -0.05) is 12.1 Å². The zero-order valence-corrected chi connectivity index (χ0v) is 8.79. The fraction of sp³-hybridized carbons (Fsp3) is 0.182. The first-order valence-corrected chi connectivity index (χ1v) is 4.78. The van der Waals surface area contributed by atoms with E-state index in [1.165, 1.54) is 0 Å². The van der Waals surface area contributed by atoms with Crippen LogP contribution in [0, 0.1) is 0 Å². The molecule has 1 aromatic rings. The lowest BCUT2D eigenvalue weighted by atomic mass is 10.1. The number of benzene rings is 1. The third-order valence-electron chi connectivity index (χ3n) is 2.30. The lowest BCUT2D eigenvalue weighted by Crippen LogP contribution is -2.00. The van der Waals surface area contributed by atoms with E-state index in [0.717, 1.165) is 16.9 Å². The van der Waals surface area contributed by atoms with Gasteiger partial charge in [0, 0.05) is 6.42 Å². The number of ether oxygens (including phenoxy) is 1. The highest BCUT2D eigenvalue weighted by atomic mass is 16.5. The Labute approximate surface area is 92.7 Å². The summed E-state index contributed by atoms with van der Waals surface area (Å²) < 4.78 is 5.07. The SMILES string of the molecule is COc1ccc(CC2=CN=NC2=[N+]=[N-])cc1. The molecule has 1 aromatic carbocycles. The van der Waals surface area contributed by atoms with Crippen molar-refractivity contribution < 1.29 is 9.53 Å². The molecule has 16 heavy (non-hydrogen) atoms. The molecule has 0 amide bonds. The van der Waals surface area contributed by atoms with Gasteiger partial charge in [0.2, 0.25) is 0 Å². The van der Waals surface area contributed by atoms with Gasteiger partial charge in [0.25, 0.3) is 0 Å². The van der Waals surface area contributed by atoms with Crippen LogP contribution in [0.4, 0.5) is 0 Å². The number of rotatable bonds is 3. The number of azo groups is 1. The van der Waals surface area contributed by atoms with E-state index in [2.05, 4.69) is 15.0 Å². The first kappa shape index (κ1) is 10.3. The maximum absolute atomic E-state index is 8.67. The molecule has 0 aliphatic carbocycles. The van der Waals surface area contributed by atoms with Crippen LogP contribution >= 0.6 is 0 Å². The van der Waals surface area contributed by atoms with Gasteiger partial charge in [-0.3, -0.25) is 0 Å². The molecule has 0 N–H and O–H groups in total. The quantitative estimate of drug-likeness (QED) is 0.561. The molecule has 1 heterocycles. The first-order chi connectivity index (χ1) is 7.83. The van der Waals surface area contributed by atoms with E-state index in [9.17, 15) is 0 Å². The van der Waals surface area contributed by atoms with Crippen LogP contribution in [0.2, 0.25) is 0 Å². The molecule has 0 saturated carbocycles. The summed E-state index contributed by atoms with van der Waals surface area (Å²) in [5, 5.41) is 7.37. The van der Waals surface area contributed by atoms with Crippen LogP contribution in [0.3, 0.4) is 0 Å². The van der Waals surface area contributed by atoms with Crippen molar-refractivity contribution in [1.82, 2.24) is 0 Å². The molecule has 0 spiro atoms. The fourth-order valence-corrected chi connectivity index (χ4v) is 1.45. The van der Waals surface area contributed by atoms with Gasteiger partial charge >= 0.3 is 5.84 Å². The number of amidine groups is 1. The molecule has 5 heteroatoms. The Bertz CT molecular complexity index is 495. The summed E-state index contributed by atoms with van der Waals surface area (Å²) in [6.07, 6.45) is 2.23. The molecular formula is C11H10N4O. The van der Waals surface area contributed by atoms with Gasteiger partial charge in [-0.25, -0.2) is 0 Å². The van der Waals surface area contributed by atoms with Crippen molar-refractivity contribution in [2.24, 2.45) is 10.2 Å². The third-order valence-corrected chi connectivity index (χ3v) is 2.30. The Hall–Kier alpha value is -2.26. The molecular weight excluding hydrogens is 204 g/mol. The summed E-state index contributed by atoms with van der Waals surface area (Å²) in [6.45, 7) is 0. The van der Waals surface area contributed by atoms with Gasteiger partial charge in [0.1, 0.15) is 5.75 Å². The zero-order chi connectivity index (χ0) is 11.4. The van der Waals surface area contributed by atoms with Gasteiger partial charge in [-0.15, -0.1) is 0 Å². The van der Waals surface area contributed by atoms with Crippen molar-refractivity contribution in [3.05, 3.63) is 47.1 Å². The number of methoxy groups -OCH3 is 1. The molecule has 0 fully saturated rings. The lowest BCUT2D eigenvalue weighted by molar-refractivity contribution is -0.00606. The van der Waals surface area contributed by atoms with Crippen LogP contribution in [-0.2, 0) is 6.42 Å². The number of hydrogen-bond donors (Lipinski definition) is 0. The predicted octanol–water partition coefficient (Wildman–Crippen LogP) is 2.22. The van der Waals surface area contributed by atoms with Gasteiger partial charge in [0.15, 0.2) is 0 Å². The molecule has 0 bridgehead atoms. The maximum atomic E-state index is 8.67. The summed E-state index contributed by atoms with van der Waals surface area (Å²) in [6, 6.07) is 7.67. The molecule has 0 aromatic heterocycles. The molecule has 1 aliphatic heterocycles. The van der Waals surface area contributed by atoms with E-state index in [-0.39, 0.29) is 5.84 Å². The number of hydrogen-bond acceptors (Lipinski definition) is 2. The van der Waals surface area contributed by atoms with Gasteiger partial charge in [-0.2, -0.15) is 0 Å². The van der Waals surface area contributed by atoms with E-state index in [4.69, 9.17) is 10.3 Å². The van der Waals surface area contributed by atoms with Crippen LogP contribution in [-0.4, -0.2) is 17.7 Å². The average molecular weight is 214 g/mol. The van der Waals surface area contributed by atoms with Crippen molar-refractivity contribution >= 4 is 5.84 Å². The summed E-state index contributed by atoms with van der Waals surface area (Å²) in [4.78, 5) is 3.06. The largest absolute Gasteiger partial charge is 0.497 e. The molecule has 0 atom stereocenters. The monoisotopic (exact) mass is 214 g/mol. The minimum atomic E-state index is 0.274. The molecule has 2 rings (SSSR count). The molecule has 0 radical (unpaired) electrons. The second kappa shape index (κ2) is 4.51. The molecule has 0 unspecified atom stereocenters. The van der Waals surface area contributed by atoms with Crippen LogP contribution in [0.1, 0.15) is 5.56 Å². The van der Waals surface area contributed by atoms with E-state index < -0.39 is 0 Å². The Kier molecular flexibility index (Phi) is 2.89. The fourth-order valence-electron chi connectivity index (χ4n) is 1.45. The number of nitrogens with zero attached hydrogens (tertiary/aromatic N) is 4. The van der Waals surface area contributed by atoms with Gasteiger partial charge < -0.3 is 15.1 Å².